The zero-order valence-corrected chi connectivity index (χ0v) is 18.0. The van der Waals surface area contributed by atoms with Gasteiger partial charge >= 0.3 is 0 Å². The van der Waals surface area contributed by atoms with Crippen LogP contribution in [0.3, 0.4) is 0 Å². The van der Waals surface area contributed by atoms with E-state index in [2.05, 4.69) is 25.2 Å². The summed E-state index contributed by atoms with van der Waals surface area (Å²) in [4.78, 5) is 6.50. The van der Waals surface area contributed by atoms with Crippen molar-refractivity contribution < 1.29 is 8.42 Å². The van der Waals surface area contributed by atoms with E-state index in [1.807, 2.05) is 40.0 Å². The van der Waals surface area contributed by atoms with Crippen LogP contribution in [0, 0.1) is 6.92 Å². The molecular weight excluding hydrogens is 392 g/mol. The number of imidazole rings is 1. The Morgan fingerprint density at radius 1 is 1.07 bits per heavy atom. The second kappa shape index (κ2) is 7.38. The summed E-state index contributed by atoms with van der Waals surface area (Å²) in [5.41, 5.74) is 0.696. The van der Waals surface area contributed by atoms with Crippen molar-refractivity contribution in [2.45, 2.75) is 38.1 Å². The normalized spacial score (nSPS) is 16.7. The Balaban J connectivity index is 1.54. The zero-order valence-electron chi connectivity index (χ0n) is 17.1. The summed E-state index contributed by atoms with van der Waals surface area (Å²) in [7, 11) is -1.80. The number of rotatable bonds is 4. The molecular formula is C18H26N8O2S. The van der Waals surface area contributed by atoms with E-state index in [4.69, 9.17) is 0 Å². The number of sulfonamides is 1. The van der Waals surface area contributed by atoms with Crippen molar-refractivity contribution in [1.29, 1.82) is 0 Å². The average Bonchev–Trinajstić information content (AvgIpc) is 3.15. The van der Waals surface area contributed by atoms with Gasteiger partial charge in [-0.25, -0.2) is 13.4 Å². The molecule has 3 aromatic rings. The molecule has 0 atom stereocenters. The largest absolute Gasteiger partial charge is 0.354 e. The molecule has 0 bridgehead atoms. The van der Waals surface area contributed by atoms with Crippen molar-refractivity contribution in [3.8, 4) is 0 Å². The molecule has 29 heavy (non-hydrogen) atoms. The van der Waals surface area contributed by atoms with E-state index >= 15 is 0 Å². The summed E-state index contributed by atoms with van der Waals surface area (Å²) < 4.78 is 31.3. The lowest BCUT2D eigenvalue weighted by Crippen LogP contribution is -2.35. The average molecular weight is 419 g/mol. The predicted molar refractivity (Wildman–Crippen MR) is 108 cm³/mol. The van der Waals surface area contributed by atoms with Gasteiger partial charge in [0.25, 0.3) is 10.0 Å². The Kier molecular flexibility index (Phi) is 5.03. The van der Waals surface area contributed by atoms with E-state index in [1.165, 1.54) is 4.31 Å². The molecule has 1 fully saturated rings. The first kappa shape index (κ1) is 19.8. The van der Waals surface area contributed by atoms with Gasteiger partial charge in [-0.2, -0.15) is 8.82 Å². The molecule has 0 amide bonds. The van der Waals surface area contributed by atoms with E-state index in [9.17, 15) is 8.42 Å². The molecule has 0 aliphatic carbocycles. The minimum Gasteiger partial charge on any atom is -0.354 e. The molecule has 0 spiro atoms. The van der Waals surface area contributed by atoms with Crippen molar-refractivity contribution in [3.05, 3.63) is 30.0 Å². The quantitative estimate of drug-likeness (QED) is 0.627. The van der Waals surface area contributed by atoms with Gasteiger partial charge in [-0.1, -0.05) is 13.8 Å². The number of aryl methyl sites for hydroxylation is 2. The molecule has 1 aliphatic heterocycles. The van der Waals surface area contributed by atoms with Crippen LogP contribution in [0.25, 0.3) is 5.65 Å². The lowest BCUT2D eigenvalue weighted by molar-refractivity contribution is 0.431. The number of nitrogens with zero attached hydrogens (tertiary/aromatic N) is 8. The van der Waals surface area contributed by atoms with Crippen LogP contribution in [0.5, 0.6) is 0 Å². The van der Waals surface area contributed by atoms with Crippen LogP contribution in [0.4, 0.5) is 5.82 Å². The third kappa shape index (κ3) is 3.60. The van der Waals surface area contributed by atoms with Gasteiger partial charge in [0.1, 0.15) is 11.6 Å². The molecule has 0 saturated carbocycles. The second-order valence-electron chi connectivity index (χ2n) is 7.66. The number of anilines is 1. The maximum Gasteiger partial charge on any atom is 0.262 e. The van der Waals surface area contributed by atoms with Crippen molar-refractivity contribution >= 4 is 21.5 Å². The van der Waals surface area contributed by atoms with Gasteiger partial charge in [-0.15, -0.1) is 15.3 Å². The summed E-state index contributed by atoms with van der Waals surface area (Å²) in [5, 5.41) is 12.8. The lowest BCUT2D eigenvalue weighted by atomic mass is 10.2. The van der Waals surface area contributed by atoms with E-state index < -0.39 is 10.0 Å². The van der Waals surface area contributed by atoms with E-state index in [0.29, 0.717) is 31.7 Å². The van der Waals surface area contributed by atoms with E-state index in [-0.39, 0.29) is 10.9 Å². The molecule has 4 heterocycles. The van der Waals surface area contributed by atoms with Crippen molar-refractivity contribution in [2.75, 3.05) is 31.1 Å². The number of hydrogen-bond donors (Lipinski definition) is 0. The molecule has 1 aliphatic rings. The standard InChI is InChI=1S/C18H26N8O2S/c1-13(2)18-19-17(12-23(18)4)29(27,28)25-9-5-8-24(10-11-25)16-7-6-15-21-20-14(3)26(15)22-16/h6-7,12-13H,5,8-11H2,1-4H3. The molecule has 0 aromatic carbocycles. The molecule has 0 N–H and O–H groups in total. The Labute approximate surface area is 170 Å². The third-order valence-corrected chi connectivity index (χ3v) is 6.96. The number of fused-ring (bicyclic) bond motifs is 1. The maximum absolute atomic E-state index is 13.2. The Morgan fingerprint density at radius 2 is 1.86 bits per heavy atom. The highest BCUT2D eigenvalue weighted by molar-refractivity contribution is 7.89. The maximum atomic E-state index is 13.2. The molecule has 156 valence electrons. The topological polar surface area (TPSA) is 102 Å². The second-order valence-corrected chi connectivity index (χ2v) is 9.54. The van der Waals surface area contributed by atoms with Crippen LogP contribution in [0.1, 0.15) is 37.8 Å². The van der Waals surface area contributed by atoms with Gasteiger partial charge in [-0.05, 0) is 25.5 Å². The summed E-state index contributed by atoms with van der Waals surface area (Å²) in [6, 6.07) is 3.78. The van der Waals surface area contributed by atoms with E-state index in [0.717, 1.165) is 24.0 Å². The van der Waals surface area contributed by atoms with Crippen molar-refractivity contribution in [3.63, 3.8) is 0 Å². The molecule has 10 nitrogen and oxygen atoms in total. The third-order valence-electron chi connectivity index (χ3n) is 5.19. The predicted octanol–water partition coefficient (Wildman–Crippen LogP) is 1.19. The summed E-state index contributed by atoms with van der Waals surface area (Å²) in [5.74, 6) is 2.43. The lowest BCUT2D eigenvalue weighted by Gasteiger charge is -2.22. The van der Waals surface area contributed by atoms with Crippen LogP contribution < -0.4 is 4.90 Å². The van der Waals surface area contributed by atoms with E-state index in [1.54, 1.807) is 15.3 Å². The monoisotopic (exact) mass is 418 g/mol. The Bertz CT molecular complexity index is 1130. The highest BCUT2D eigenvalue weighted by Crippen LogP contribution is 2.22. The Hall–Kier alpha value is -2.53. The minimum atomic E-state index is -3.63. The van der Waals surface area contributed by atoms with Crippen LogP contribution in [-0.4, -0.2) is 68.3 Å². The highest BCUT2D eigenvalue weighted by Gasteiger charge is 2.30. The molecule has 0 unspecified atom stereocenters. The summed E-state index contributed by atoms with van der Waals surface area (Å²) >= 11 is 0. The first-order valence-corrected chi connectivity index (χ1v) is 11.2. The van der Waals surface area contributed by atoms with Gasteiger partial charge in [0.15, 0.2) is 16.5 Å². The zero-order chi connectivity index (χ0) is 20.8. The summed E-state index contributed by atoms with van der Waals surface area (Å²) in [6.45, 7) is 7.99. The van der Waals surface area contributed by atoms with Gasteiger partial charge < -0.3 is 9.47 Å². The van der Waals surface area contributed by atoms with Crippen molar-refractivity contribution in [1.82, 2.24) is 33.7 Å². The summed E-state index contributed by atoms with van der Waals surface area (Å²) in [6.07, 6.45) is 2.32. The van der Waals surface area contributed by atoms with Crippen LogP contribution in [0.2, 0.25) is 0 Å². The minimum absolute atomic E-state index is 0.122. The van der Waals surface area contributed by atoms with Crippen molar-refractivity contribution in [2.24, 2.45) is 7.05 Å². The van der Waals surface area contributed by atoms with Crippen LogP contribution >= 0.6 is 0 Å². The van der Waals surface area contributed by atoms with Gasteiger partial charge in [0.2, 0.25) is 0 Å². The number of hydrogen-bond acceptors (Lipinski definition) is 7. The van der Waals surface area contributed by atoms with Crippen LogP contribution in [-0.2, 0) is 17.1 Å². The highest BCUT2D eigenvalue weighted by atomic mass is 32.2. The fourth-order valence-corrected chi connectivity index (χ4v) is 5.12. The Morgan fingerprint density at radius 3 is 2.59 bits per heavy atom. The molecule has 11 heteroatoms. The SMILES string of the molecule is Cc1nnc2ccc(N3CCCN(S(=O)(=O)c4cn(C)c(C(C)C)n4)CC3)nn12. The number of aromatic nitrogens is 6. The molecule has 4 rings (SSSR count). The first-order valence-electron chi connectivity index (χ1n) is 9.75. The van der Waals surface area contributed by atoms with Crippen LogP contribution in [0.15, 0.2) is 23.4 Å². The van der Waals surface area contributed by atoms with Gasteiger partial charge in [-0.3, -0.25) is 0 Å². The van der Waals surface area contributed by atoms with Gasteiger partial charge in [0.05, 0.1) is 0 Å². The fraction of sp³-hybridized carbons (Fsp3) is 0.556. The fourth-order valence-electron chi connectivity index (χ4n) is 3.66. The smallest absolute Gasteiger partial charge is 0.262 e. The molecule has 1 saturated heterocycles. The molecule has 0 radical (unpaired) electrons. The molecule has 3 aromatic heterocycles. The van der Waals surface area contributed by atoms with Gasteiger partial charge in [0, 0.05) is 45.3 Å². The first-order chi connectivity index (χ1) is 13.8.